The minimum absolute atomic E-state index is 0.226. The van der Waals surface area contributed by atoms with Crippen LogP contribution in [-0.4, -0.2) is 5.78 Å². The topological polar surface area (TPSA) is 17.1 Å². The first-order chi connectivity index (χ1) is 8.08. The zero-order chi connectivity index (χ0) is 12.4. The second-order valence-corrected chi connectivity index (χ2v) is 4.78. The van der Waals surface area contributed by atoms with E-state index in [1.165, 1.54) is 24.3 Å². The van der Waals surface area contributed by atoms with E-state index >= 15 is 0 Å². The Morgan fingerprint density at radius 3 is 2.41 bits per heavy atom. The van der Waals surface area contributed by atoms with E-state index in [4.69, 9.17) is 11.6 Å². The molecule has 0 saturated heterocycles. The summed E-state index contributed by atoms with van der Waals surface area (Å²) in [5.74, 6) is -0.599. The van der Waals surface area contributed by atoms with Gasteiger partial charge in [-0.2, -0.15) is 0 Å². The molecule has 0 saturated carbocycles. The maximum absolute atomic E-state index is 12.8. The molecule has 0 amide bonds. The maximum Gasteiger partial charge on any atom is 0.194 e. The van der Waals surface area contributed by atoms with E-state index in [0.29, 0.717) is 16.1 Å². The first kappa shape index (κ1) is 12.3. The molecule has 2 aromatic carbocycles. The Hall–Kier alpha value is -1.19. The van der Waals surface area contributed by atoms with Crippen LogP contribution in [0.5, 0.6) is 0 Å². The molecule has 0 N–H and O–H groups in total. The third-order valence-electron chi connectivity index (χ3n) is 2.28. The van der Waals surface area contributed by atoms with Gasteiger partial charge in [-0.25, -0.2) is 4.39 Å². The summed E-state index contributed by atoms with van der Waals surface area (Å²) >= 11 is 9.23. The molecule has 1 nitrogen and oxygen atoms in total. The molecule has 2 rings (SSSR count). The van der Waals surface area contributed by atoms with Crippen molar-refractivity contribution in [3.8, 4) is 0 Å². The molecule has 0 radical (unpaired) electrons. The van der Waals surface area contributed by atoms with Crippen LogP contribution in [0.2, 0.25) is 5.02 Å². The van der Waals surface area contributed by atoms with E-state index in [9.17, 15) is 9.18 Å². The molecule has 0 unspecified atom stereocenters. The number of carbonyl (C=O) groups excluding carboxylic acids is 1. The monoisotopic (exact) mass is 312 g/mol. The second kappa shape index (κ2) is 4.98. The molecule has 0 aliphatic heterocycles. The summed E-state index contributed by atoms with van der Waals surface area (Å²) in [5, 5.41) is 0.377. The number of halogens is 3. The molecule has 2 aromatic rings. The van der Waals surface area contributed by atoms with Crippen LogP contribution in [0.3, 0.4) is 0 Å². The number of carbonyl (C=O) groups is 1. The SMILES string of the molecule is O=C(c1ccc(F)cc1)c1cc(Br)ccc1Cl. The van der Waals surface area contributed by atoms with Gasteiger partial charge in [-0.05, 0) is 42.5 Å². The molecule has 0 aliphatic rings. The highest BCUT2D eigenvalue weighted by atomic mass is 79.9. The zero-order valence-electron chi connectivity index (χ0n) is 8.58. The highest BCUT2D eigenvalue weighted by Gasteiger charge is 2.13. The Labute approximate surface area is 111 Å². The lowest BCUT2D eigenvalue weighted by molar-refractivity contribution is 0.103. The lowest BCUT2D eigenvalue weighted by Crippen LogP contribution is -2.02. The van der Waals surface area contributed by atoms with Gasteiger partial charge >= 0.3 is 0 Å². The summed E-state index contributed by atoms with van der Waals surface area (Å²) in [6.45, 7) is 0. The summed E-state index contributed by atoms with van der Waals surface area (Å²) in [5.41, 5.74) is 0.805. The average molecular weight is 314 g/mol. The molecule has 0 heterocycles. The van der Waals surface area contributed by atoms with Crippen molar-refractivity contribution in [1.82, 2.24) is 0 Å². The largest absolute Gasteiger partial charge is 0.289 e. The van der Waals surface area contributed by atoms with E-state index in [-0.39, 0.29) is 11.6 Å². The Bertz CT molecular complexity index is 566. The van der Waals surface area contributed by atoms with Crippen molar-refractivity contribution in [2.45, 2.75) is 0 Å². The van der Waals surface area contributed by atoms with Gasteiger partial charge in [0.2, 0.25) is 0 Å². The molecular formula is C13H7BrClFO. The normalized spacial score (nSPS) is 10.3. The number of rotatable bonds is 2. The quantitative estimate of drug-likeness (QED) is 0.748. The lowest BCUT2D eigenvalue weighted by Gasteiger charge is -2.04. The van der Waals surface area contributed by atoms with Crippen molar-refractivity contribution in [3.05, 3.63) is 68.9 Å². The van der Waals surface area contributed by atoms with Crippen molar-refractivity contribution in [2.75, 3.05) is 0 Å². The third kappa shape index (κ3) is 2.73. The van der Waals surface area contributed by atoms with Crippen LogP contribution in [0.4, 0.5) is 4.39 Å². The molecule has 0 aromatic heterocycles. The molecule has 0 spiro atoms. The molecule has 86 valence electrons. The molecule has 0 fully saturated rings. The van der Waals surface area contributed by atoms with Crippen molar-refractivity contribution >= 4 is 33.3 Å². The van der Waals surface area contributed by atoms with Gasteiger partial charge < -0.3 is 0 Å². The molecular weight excluding hydrogens is 306 g/mol. The van der Waals surface area contributed by atoms with Crippen LogP contribution >= 0.6 is 27.5 Å². The lowest BCUT2D eigenvalue weighted by atomic mass is 10.0. The summed E-state index contributed by atoms with van der Waals surface area (Å²) in [6.07, 6.45) is 0. The first-order valence-corrected chi connectivity index (χ1v) is 6.00. The summed E-state index contributed by atoms with van der Waals surface area (Å²) in [4.78, 5) is 12.1. The number of hydrogen-bond acceptors (Lipinski definition) is 1. The van der Waals surface area contributed by atoms with Crippen molar-refractivity contribution in [2.24, 2.45) is 0 Å². The van der Waals surface area contributed by atoms with Gasteiger partial charge in [0.25, 0.3) is 0 Å². The highest BCUT2D eigenvalue weighted by Crippen LogP contribution is 2.23. The Morgan fingerprint density at radius 1 is 1.12 bits per heavy atom. The molecule has 0 atom stereocenters. The summed E-state index contributed by atoms with van der Waals surface area (Å²) < 4.78 is 13.5. The fourth-order valence-electron chi connectivity index (χ4n) is 1.43. The van der Waals surface area contributed by atoms with Gasteiger partial charge in [0.05, 0.1) is 5.02 Å². The van der Waals surface area contributed by atoms with E-state index in [1.54, 1.807) is 18.2 Å². The Kier molecular flexibility index (Phi) is 3.60. The Morgan fingerprint density at radius 2 is 1.76 bits per heavy atom. The van der Waals surface area contributed by atoms with Gasteiger partial charge in [-0.1, -0.05) is 27.5 Å². The second-order valence-electron chi connectivity index (χ2n) is 3.46. The fourth-order valence-corrected chi connectivity index (χ4v) is 1.99. The maximum atomic E-state index is 12.8. The molecule has 0 aliphatic carbocycles. The number of benzene rings is 2. The van der Waals surface area contributed by atoms with Crippen molar-refractivity contribution in [3.63, 3.8) is 0 Å². The van der Waals surface area contributed by atoms with Crippen molar-refractivity contribution in [1.29, 1.82) is 0 Å². The van der Waals surface area contributed by atoms with Gasteiger partial charge in [-0.15, -0.1) is 0 Å². The van der Waals surface area contributed by atoms with Crippen LogP contribution in [0.15, 0.2) is 46.9 Å². The molecule has 17 heavy (non-hydrogen) atoms. The smallest absolute Gasteiger partial charge is 0.194 e. The molecule has 0 bridgehead atoms. The molecule has 4 heteroatoms. The van der Waals surface area contributed by atoms with Gasteiger partial charge in [-0.3, -0.25) is 4.79 Å². The van der Waals surface area contributed by atoms with Gasteiger partial charge in [0.15, 0.2) is 5.78 Å². The predicted octanol–water partition coefficient (Wildman–Crippen LogP) is 4.47. The first-order valence-electron chi connectivity index (χ1n) is 4.83. The zero-order valence-corrected chi connectivity index (χ0v) is 10.9. The van der Waals surface area contributed by atoms with E-state index < -0.39 is 0 Å². The average Bonchev–Trinajstić information content (AvgIpc) is 2.32. The van der Waals surface area contributed by atoms with E-state index in [2.05, 4.69) is 15.9 Å². The predicted molar refractivity (Wildman–Crippen MR) is 69.0 cm³/mol. The number of ketones is 1. The summed E-state index contributed by atoms with van der Waals surface area (Å²) in [7, 11) is 0. The van der Waals surface area contributed by atoms with Gasteiger partial charge in [0, 0.05) is 15.6 Å². The standard InChI is InChI=1S/C13H7BrClFO/c14-9-3-6-12(15)11(7-9)13(17)8-1-4-10(16)5-2-8/h1-7H. The fraction of sp³-hybridized carbons (Fsp3) is 0. The van der Waals surface area contributed by atoms with Crippen LogP contribution in [-0.2, 0) is 0 Å². The van der Waals surface area contributed by atoms with Crippen LogP contribution in [0.1, 0.15) is 15.9 Å². The van der Waals surface area contributed by atoms with E-state index in [0.717, 1.165) is 4.47 Å². The minimum Gasteiger partial charge on any atom is -0.289 e. The van der Waals surface area contributed by atoms with E-state index in [1.807, 2.05) is 0 Å². The van der Waals surface area contributed by atoms with Crippen LogP contribution < -0.4 is 0 Å². The number of hydrogen-bond donors (Lipinski definition) is 0. The minimum atomic E-state index is -0.373. The highest BCUT2D eigenvalue weighted by molar-refractivity contribution is 9.10. The van der Waals surface area contributed by atoms with Crippen LogP contribution in [0.25, 0.3) is 0 Å². The van der Waals surface area contributed by atoms with Gasteiger partial charge in [0.1, 0.15) is 5.82 Å². The third-order valence-corrected chi connectivity index (χ3v) is 3.10. The van der Waals surface area contributed by atoms with Crippen molar-refractivity contribution < 1.29 is 9.18 Å². The Balaban J connectivity index is 2.43. The van der Waals surface area contributed by atoms with Crippen LogP contribution in [0, 0.1) is 5.82 Å². The summed E-state index contributed by atoms with van der Waals surface area (Å²) in [6, 6.07) is 10.4.